The van der Waals surface area contributed by atoms with Crippen LogP contribution in [0.1, 0.15) is 52.9 Å². The monoisotopic (exact) mass is 228 g/mol. The molecule has 1 rings (SSSR count). The second-order valence-corrected chi connectivity index (χ2v) is 5.17. The lowest BCUT2D eigenvalue weighted by Crippen LogP contribution is -2.58. The smallest absolute Gasteiger partial charge is 0.0593 e. The van der Waals surface area contributed by atoms with Gasteiger partial charge in [0.15, 0.2) is 0 Å². The minimum atomic E-state index is 0.119. The summed E-state index contributed by atoms with van der Waals surface area (Å²) in [5, 5.41) is 3.72. The summed E-state index contributed by atoms with van der Waals surface area (Å²) in [6.45, 7) is 8.24. The first-order chi connectivity index (χ1) is 7.65. The first-order valence-corrected chi connectivity index (χ1v) is 6.75. The Kier molecular flexibility index (Phi) is 5.73. The van der Waals surface area contributed by atoms with Gasteiger partial charge in [0.05, 0.1) is 6.10 Å². The third-order valence-corrected chi connectivity index (χ3v) is 3.72. The van der Waals surface area contributed by atoms with Gasteiger partial charge >= 0.3 is 0 Å². The molecule has 3 nitrogen and oxygen atoms in total. The van der Waals surface area contributed by atoms with Crippen molar-refractivity contribution in [3.8, 4) is 0 Å². The van der Waals surface area contributed by atoms with Gasteiger partial charge in [0.2, 0.25) is 0 Å². The van der Waals surface area contributed by atoms with Gasteiger partial charge in [-0.25, -0.2) is 0 Å². The van der Waals surface area contributed by atoms with Crippen LogP contribution in [0.5, 0.6) is 0 Å². The van der Waals surface area contributed by atoms with Crippen LogP contribution in [0.2, 0.25) is 0 Å². The van der Waals surface area contributed by atoms with E-state index in [1.54, 1.807) is 0 Å². The molecule has 0 aliphatic carbocycles. The molecule has 0 bridgehead atoms. The fourth-order valence-corrected chi connectivity index (χ4v) is 2.53. The molecule has 16 heavy (non-hydrogen) atoms. The van der Waals surface area contributed by atoms with Crippen molar-refractivity contribution in [2.45, 2.75) is 70.6 Å². The van der Waals surface area contributed by atoms with E-state index in [1.807, 2.05) is 0 Å². The van der Waals surface area contributed by atoms with Crippen LogP contribution < -0.4 is 11.1 Å². The van der Waals surface area contributed by atoms with Crippen LogP contribution in [0.4, 0.5) is 0 Å². The van der Waals surface area contributed by atoms with Gasteiger partial charge in [-0.15, -0.1) is 0 Å². The van der Waals surface area contributed by atoms with Crippen LogP contribution in [0.15, 0.2) is 0 Å². The molecule has 3 atom stereocenters. The van der Waals surface area contributed by atoms with E-state index in [1.165, 1.54) is 6.42 Å². The molecule has 1 heterocycles. The van der Waals surface area contributed by atoms with Gasteiger partial charge in [-0.1, -0.05) is 20.3 Å². The van der Waals surface area contributed by atoms with E-state index in [4.69, 9.17) is 10.5 Å². The van der Waals surface area contributed by atoms with Gasteiger partial charge in [-0.2, -0.15) is 0 Å². The van der Waals surface area contributed by atoms with Gasteiger partial charge in [0.25, 0.3) is 0 Å². The summed E-state index contributed by atoms with van der Waals surface area (Å²) >= 11 is 0. The van der Waals surface area contributed by atoms with Gasteiger partial charge in [0, 0.05) is 24.7 Å². The van der Waals surface area contributed by atoms with E-state index < -0.39 is 0 Å². The first-order valence-electron chi connectivity index (χ1n) is 6.75. The van der Waals surface area contributed by atoms with Crippen molar-refractivity contribution in [1.29, 1.82) is 0 Å². The minimum absolute atomic E-state index is 0.119. The molecule has 0 radical (unpaired) electrons. The fourth-order valence-electron chi connectivity index (χ4n) is 2.53. The van der Waals surface area contributed by atoms with Crippen LogP contribution in [0, 0.1) is 0 Å². The Labute approximate surface area is 100 Å². The Bertz CT molecular complexity index is 196. The van der Waals surface area contributed by atoms with Crippen LogP contribution >= 0.6 is 0 Å². The zero-order chi connectivity index (χ0) is 12.0. The van der Waals surface area contributed by atoms with Crippen molar-refractivity contribution >= 4 is 0 Å². The Hall–Kier alpha value is -0.120. The van der Waals surface area contributed by atoms with E-state index >= 15 is 0 Å². The fraction of sp³-hybridized carbons (Fsp3) is 1.00. The zero-order valence-electron chi connectivity index (χ0n) is 11.1. The second-order valence-electron chi connectivity index (χ2n) is 5.17. The lowest BCUT2D eigenvalue weighted by molar-refractivity contribution is -0.0331. The summed E-state index contributed by atoms with van der Waals surface area (Å²) in [6, 6.07) is 0.545. The summed E-state index contributed by atoms with van der Waals surface area (Å²) in [5.41, 5.74) is 6.10. The van der Waals surface area contributed by atoms with Crippen molar-refractivity contribution in [3.63, 3.8) is 0 Å². The predicted octanol–water partition coefficient (Wildman–Crippen LogP) is 2.05. The normalized spacial score (nSPS) is 32.6. The van der Waals surface area contributed by atoms with E-state index in [9.17, 15) is 0 Å². The molecule has 0 spiro atoms. The van der Waals surface area contributed by atoms with Crippen molar-refractivity contribution in [2.75, 3.05) is 13.2 Å². The number of nitrogens with one attached hydrogen (secondary N) is 1. The number of nitrogens with two attached hydrogens (primary N) is 1. The third-order valence-electron chi connectivity index (χ3n) is 3.72. The lowest BCUT2D eigenvalue weighted by atomic mass is 9.84. The standard InChI is InChI=1S/C13H28N2O/c1-4-6-12-9-13(10-14,7-8-16-12)15-11(3)5-2/h11-12,15H,4-10,14H2,1-3H3. The highest BCUT2D eigenvalue weighted by atomic mass is 16.5. The van der Waals surface area contributed by atoms with Crippen LogP contribution in [-0.2, 0) is 4.74 Å². The van der Waals surface area contributed by atoms with Crippen molar-refractivity contribution < 1.29 is 4.74 Å². The summed E-state index contributed by atoms with van der Waals surface area (Å²) in [5.74, 6) is 0. The molecule has 1 aliphatic rings. The second kappa shape index (κ2) is 6.58. The molecule has 0 saturated carbocycles. The number of hydrogen-bond acceptors (Lipinski definition) is 3. The summed E-state index contributed by atoms with van der Waals surface area (Å²) in [6.07, 6.45) is 6.02. The highest BCUT2D eigenvalue weighted by molar-refractivity contribution is 4.95. The maximum Gasteiger partial charge on any atom is 0.0593 e. The van der Waals surface area contributed by atoms with Crippen LogP contribution in [0.25, 0.3) is 0 Å². The minimum Gasteiger partial charge on any atom is -0.378 e. The zero-order valence-corrected chi connectivity index (χ0v) is 11.1. The van der Waals surface area contributed by atoms with Gasteiger partial charge in [0.1, 0.15) is 0 Å². The van der Waals surface area contributed by atoms with E-state index in [2.05, 4.69) is 26.1 Å². The van der Waals surface area contributed by atoms with Gasteiger partial charge in [-0.3, -0.25) is 0 Å². The largest absolute Gasteiger partial charge is 0.378 e. The van der Waals surface area contributed by atoms with E-state index in [-0.39, 0.29) is 5.54 Å². The van der Waals surface area contributed by atoms with E-state index in [0.717, 1.165) is 38.8 Å². The molecule has 1 saturated heterocycles. The molecule has 3 N–H and O–H groups in total. The Balaban J connectivity index is 2.56. The molecule has 96 valence electrons. The molecule has 0 aromatic rings. The average Bonchev–Trinajstić information content (AvgIpc) is 2.30. The first kappa shape index (κ1) is 13.9. The highest BCUT2D eigenvalue weighted by Gasteiger charge is 2.35. The van der Waals surface area contributed by atoms with Crippen molar-refractivity contribution in [3.05, 3.63) is 0 Å². The maximum absolute atomic E-state index is 5.98. The quantitative estimate of drug-likeness (QED) is 0.731. The third kappa shape index (κ3) is 3.72. The molecular weight excluding hydrogens is 200 g/mol. The molecule has 3 heteroatoms. The Morgan fingerprint density at radius 1 is 1.50 bits per heavy atom. The van der Waals surface area contributed by atoms with Crippen LogP contribution in [0.3, 0.4) is 0 Å². The topological polar surface area (TPSA) is 47.3 Å². The molecule has 1 aliphatic heterocycles. The van der Waals surface area contributed by atoms with E-state index in [0.29, 0.717) is 12.1 Å². The maximum atomic E-state index is 5.98. The Morgan fingerprint density at radius 2 is 2.25 bits per heavy atom. The molecule has 0 amide bonds. The average molecular weight is 228 g/mol. The van der Waals surface area contributed by atoms with Gasteiger partial charge < -0.3 is 15.8 Å². The molecule has 0 aromatic carbocycles. The number of ether oxygens (including phenoxy) is 1. The number of rotatable bonds is 6. The lowest BCUT2D eigenvalue weighted by Gasteiger charge is -2.42. The molecular formula is C13H28N2O. The highest BCUT2D eigenvalue weighted by Crippen LogP contribution is 2.27. The summed E-state index contributed by atoms with van der Waals surface area (Å²) in [7, 11) is 0. The molecule has 3 unspecified atom stereocenters. The Morgan fingerprint density at radius 3 is 2.81 bits per heavy atom. The van der Waals surface area contributed by atoms with Crippen molar-refractivity contribution in [1.82, 2.24) is 5.32 Å². The van der Waals surface area contributed by atoms with Crippen molar-refractivity contribution in [2.24, 2.45) is 5.73 Å². The summed E-state index contributed by atoms with van der Waals surface area (Å²) < 4.78 is 5.80. The summed E-state index contributed by atoms with van der Waals surface area (Å²) in [4.78, 5) is 0. The number of hydrogen-bond donors (Lipinski definition) is 2. The van der Waals surface area contributed by atoms with Crippen LogP contribution in [-0.4, -0.2) is 30.8 Å². The van der Waals surface area contributed by atoms with Gasteiger partial charge in [-0.05, 0) is 32.6 Å². The molecule has 0 aromatic heterocycles. The molecule has 1 fully saturated rings. The SMILES string of the molecule is CCCC1CC(CN)(NC(C)CC)CCO1. The predicted molar refractivity (Wildman–Crippen MR) is 68.6 cm³/mol.